The van der Waals surface area contributed by atoms with Gasteiger partial charge in [-0.1, -0.05) is 30.3 Å². The van der Waals surface area contributed by atoms with Crippen LogP contribution in [0.3, 0.4) is 0 Å². The zero-order valence-corrected chi connectivity index (χ0v) is 10.9. The van der Waals surface area contributed by atoms with Crippen LogP contribution in [0.4, 0.5) is 0 Å². The zero-order valence-electron chi connectivity index (χ0n) is 10.9. The van der Waals surface area contributed by atoms with Crippen molar-refractivity contribution >= 4 is 5.97 Å². The summed E-state index contributed by atoms with van der Waals surface area (Å²) in [5, 5.41) is 0. The molecule has 2 aromatic rings. The largest absolute Gasteiger partial charge is 0.465 e. The molecule has 0 aliphatic carbocycles. The van der Waals surface area contributed by atoms with E-state index in [9.17, 15) is 4.79 Å². The number of esters is 1. The molecule has 0 fully saturated rings. The average Bonchev–Trinajstić information content (AvgIpc) is 2.41. The van der Waals surface area contributed by atoms with Gasteiger partial charge in [0.2, 0.25) is 0 Å². The minimum atomic E-state index is -0.303. The predicted molar refractivity (Wildman–Crippen MR) is 72.7 cm³/mol. The van der Waals surface area contributed by atoms with Crippen LogP contribution >= 0.6 is 0 Å². The van der Waals surface area contributed by atoms with E-state index in [4.69, 9.17) is 0 Å². The van der Waals surface area contributed by atoms with Gasteiger partial charge in [-0.25, -0.2) is 4.79 Å². The van der Waals surface area contributed by atoms with Crippen LogP contribution in [-0.2, 0) is 4.74 Å². The summed E-state index contributed by atoms with van der Waals surface area (Å²) in [6.07, 6.45) is 0. The summed E-state index contributed by atoms with van der Waals surface area (Å²) in [5.74, 6) is -0.303. The van der Waals surface area contributed by atoms with E-state index in [0.29, 0.717) is 5.56 Å². The molecule has 0 saturated heterocycles. The Morgan fingerprint density at radius 3 is 2.28 bits per heavy atom. The molecule has 0 bridgehead atoms. The summed E-state index contributed by atoms with van der Waals surface area (Å²) in [7, 11) is 1.39. The second kappa shape index (κ2) is 5.05. The van der Waals surface area contributed by atoms with Gasteiger partial charge in [0.15, 0.2) is 0 Å². The Hall–Kier alpha value is -2.09. The van der Waals surface area contributed by atoms with Crippen molar-refractivity contribution in [1.82, 2.24) is 0 Å². The third kappa shape index (κ3) is 2.28. The first-order valence-electron chi connectivity index (χ1n) is 5.88. The van der Waals surface area contributed by atoms with Gasteiger partial charge in [-0.3, -0.25) is 0 Å². The number of rotatable bonds is 2. The molecule has 2 aromatic carbocycles. The first kappa shape index (κ1) is 12.4. The van der Waals surface area contributed by atoms with Crippen LogP contribution < -0.4 is 0 Å². The molecule has 2 heteroatoms. The Kier molecular flexibility index (Phi) is 3.47. The fourth-order valence-corrected chi connectivity index (χ4v) is 1.97. The summed E-state index contributed by atoms with van der Waals surface area (Å²) in [6, 6.07) is 13.7. The van der Waals surface area contributed by atoms with Gasteiger partial charge in [-0.2, -0.15) is 0 Å². The number of benzene rings is 2. The molecule has 92 valence electrons. The molecule has 0 heterocycles. The monoisotopic (exact) mass is 240 g/mol. The Balaban J connectivity index is 2.40. The van der Waals surface area contributed by atoms with Gasteiger partial charge in [0.05, 0.1) is 12.7 Å². The molecular formula is C16H16O2. The Morgan fingerprint density at radius 2 is 1.67 bits per heavy atom. The molecule has 0 radical (unpaired) electrons. The lowest BCUT2D eigenvalue weighted by molar-refractivity contribution is 0.0601. The van der Waals surface area contributed by atoms with E-state index in [2.05, 4.69) is 30.7 Å². The smallest absolute Gasteiger partial charge is 0.337 e. The van der Waals surface area contributed by atoms with E-state index in [-0.39, 0.29) is 5.97 Å². The van der Waals surface area contributed by atoms with E-state index in [1.165, 1.54) is 23.8 Å². The molecule has 0 spiro atoms. The Labute approximate surface area is 107 Å². The first-order chi connectivity index (χ1) is 8.63. The summed E-state index contributed by atoms with van der Waals surface area (Å²) in [5.41, 5.74) is 5.43. The third-order valence-corrected chi connectivity index (χ3v) is 3.22. The first-order valence-corrected chi connectivity index (χ1v) is 5.88. The quantitative estimate of drug-likeness (QED) is 0.747. The SMILES string of the molecule is COC(=O)c1ccc(-c2cccc(C)c2C)cc1. The zero-order chi connectivity index (χ0) is 13.1. The van der Waals surface area contributed by atoms with Gasteiger partial charge in [0, 0.05) is 0 Å². The van der Waals surface area contributed by atoms with Gasteiger partial charge >= 0.3 is 5.97 Å². The van der Waals surface area contributed by atoms with Crippen molar-refractivity contribution in [3.63, 3.8) is 0 Å². The maximum atomic E-state index is 11.4. The van der Waals surface area contributed by atoms with Crippen molar-refractivity contribution in [2.75, 3.05) is 7.11 Å². The van der Waals surface area contributed by atoms with Gasteiger partial charge < -0.3 is 4.74 Å². The van der Waals surface area contributed by atoms with E-state index in [0.717, 1.165) is 5.56 Å². The van der Waals surface area contributed by atoms with Crippen LogP contribution in [0.15, 0.2) is 42.5 Å². The van der Waals surface area contributed by atoms with Crippen molar-refractivity contribution in [3.8, 4) is 11.1 Å². The van der Waals surface area contributed by atoms with Crippen LogP contribution in [0.25, 0.3) is 11.1 Å². The standard InChI is InChI=1S/C16H16O2/c1-11-5-4-6-15(12(11)2)13-7-9-14(10-8-13)16(17)18-3/h4-10H,1-3H3. The summed E-state index contributed by atoms with van der Waals surface area (Å²) in [6.45, 7) is 4.21. The highest BCUT2D eigenvalue weighted by Crippen LogP contribution is 2.25. The number of carbonyl (C=O) groups is 1. The normalized spacial score (nSPS) is 10.2. The van der Waals surface area contributed by atoms with Crippen LogP contribution in [-0.4, -0.2) is 13.1 Å². The molecular weight excluding hydrogens is 224 g/mol. The van der Waals surface area contributed by atoms with E-state index < -0.39 is 0 Å². The molecule has 0 atom stereocenters. The Morgan fingerprint density at radius 1 is 1.00 bits per heavy atom. The van der Waals surface area contributed by atoms with E-state index in [1.54, 1.807) is 12.1 Å². The van der Waals surface area contributed by atoms with Gasteiger partial charge in [-0.15, -0.1) is 0 Å². The third-order valence-electron chi connectivity index (χ3n) is 3.22. The topological polar surface area (TPSA) is 26.3 Å². The van der Waals surface area contributed by atoms with Crippen molar-refractivity contribution in [2.24, 2.45) is 0 Å². The van der Waals surface area contributed by atoms with Gasteiger partial charge in [-0.05, 0) is 48.2 Å². The minimum Gasteiger partial charge on any atom is -0.465 e. The van der Waals surface area contributed by atoms with Gasteiger partial charge in [0.1, 0.15) is 0 Å². The van der Waals surface area contributed by atoms with Crippen LogP contribution in [0.1, 0.15) is 21.5 Å². The number of aryl methyl sites for hydroxylation is 1. The van der Waals surface area contributed by atoms with E-state index in [1.807, 2.05) is 18.2 Å². The lowest BCUT2D eigenvalue weighted by atomic mass is 9.96. The second-order valence-electron chi connectivity index (χ2n) is 4.32. The fourth-order valence-electron chi connectivity index (χ4n) is 1.97. The number of hydrogen-bond donors (Lipinski definition) is 0. The molecule has 18 heavy (non-hydrogen) atoms. The number of ether oxygens (including phenoxy) is 1. The average molecular weight is 240 g/mol. The predicted octanol–water partition coefficient (Wildman–Crippen LogP) is 3.76. The number of methoxy groups -OCH3 is 1. The van der Waals surface area contributed by atoms with Crippen molar-refractivity contribution < 1.29 is 9.53 Å². The Bertz CT molecular complexity index is 568. The summed E-state index contributed by atoms with van der Waals surface area (Å²) >= 11 is 0. The molecule has 2 rings (SSSR count). The molecule has 0 N–H and O–H groups in total. The molecule has 0 unspecified atom stereocenters. The molecule has 0 aliphatic rings. The number of carbonyl (C=O) groups excluding carboxylic acids is 1. The summed E-state index contributed by atoms with van der Waals surface area (Å²) < 4.78 is 4.69. The van der Waals surface area contributed by atoms with E-state index >= 15 is 0 Å². The minimum absolute atomic E-state index is 0.303. The van der Waals surface area contributed by atoms with Crippen molar-refractivity contribution in [1.29, 1.82) is 0 Å². The maximum Gasteiger partial charge on any atom is 0.337 e. The molecule has 0 aromatic heterocycles. The molecule has 0 saturated carbocycles. The number of hydrogen-bond acceptors (Lipinski definition) is 2. The van der Waals surface area contributed by atoms with Crippen molar-refractivity contribution in [2.45, 2.75) is 13.8 Å². The highest BCUT2D eigenvalue weighted by molar-refractivity contribution is 5.90. The fraction of sp³-hybridized carbons (Fsp3) is 0.188. The highest BCUT2D eigenvalue weighted by atomic mass is 16.5. The second-order valence-corrected chi connectivity index (χ2v) is 4.32. The van der Waals surface area contributed by atoms with Crippen LogP contribution in [0.2, 0.25) is 0 Å². The van der Waals surface area contributed by atoms with Crippen LogP contribution in [0.5, 0.6) is 0 Å². The maximum absolute atomic E-state index is 11.4. The molecule has 0 amide bonds. The van der Waals surface area contributed by atoms with Crippen LogP contribution in [0, 0.1) is 13.8 Å². The lowest BCUT2D eigenvalue weighted by Crippen LogP contribution is -2.00. The van der Waals surface area contributed by atoms with Crippen molar-refractivity contribution in [3.05, 3.63) is 59.2 Å². The highest BCUT2D eigenvalue weighted by Gasteiger charge is 2.07. The molecule has 0 aliphatic heterocycles. The molecule has 2 nitrogen and oxygen atoms in total. The van der Waals surface area contributed by atoms with Gasteiger partial charge in [0.25, 0.3) is 0 Å². The summed E-state index contributed by atoms with van der Waals surface area (Å²) in [4.78, 5) is 11.4. The lowest BCUT2D eigenvalue weighted by Gasteiger charge is -2.09.